The first-order chi connectivity index (χ1) is 8.35. The van der Waals surface area contributed by atoms with Gasteiger partial charge in [-0.15, -0.1) is 0 Å². The van der Waals surface area contributed by atoms with E-state index in [4.69, 9.17) is 24.0 Å². The molecule has 3 N–H and O–H groups in total. The van der Waals surface area contributed by atoms with Crippen LogP contribution < -0.4 is 0 Å². The first kappa shape index (κ1) is 15.9. The van der Waals surface area contributed by atoms with E-state index in [0.29, 0.717) is 13.2 Å². The Morgan fingerprint density at radius 3 is 2.67 bits per heavy atom. The molecule has 4 atom stereocenters. The van der Waals surface area contributed by atoms with Crippen LogP contribution in [0, 0.1) is 0 Å². The van der Waals surface area contributed by atoms with Crippen molar-refractivity contribution in [2.75, 3.05) is 20.3 Å². The van der Waals surface area contributed by atoms with Crippen LogP contribution in [0.15, 0.2) is 11.9 Å². The second-order valence-electron chi connectivity index (χ2n) is 4.06. The van der Waals surface area contributed by atoms with E-state index in [1.54, 1.807) is 15.0 Å². The molecule has 1 saturated heterocycles. The fourth-order valence-corrected chi connectivity index (χ4v) is 2.12. The molecule has 1 fully saturated rings. The van der Waals surface area contributed by atoms with Crippen molar-refractivity contribution in [2.24, 2.45) is 0 Å². The van der Waals surface area contributed by atoms with Gasteiger partial charge in [0.1, 0.15) is 26.2 Å². The van der Waals surface area contributed by atoms with Gasteiger partial charge in [-0.05, 0) is 6.08 Å². The van der Waals surface area contributed by atoms with Crippen molar-refractivity contribution < 1.29 is 33.7 Å². The molecule has 0 aliphatic carbocycles. The van der Waals surface area contributed by atoms with Gasteiger partial charge in [-0.3, -0.25) is 4.57 Å². The first-order valence-electron chi connectivity index (χ1n) is 5.54. The number of methoxy groups -OCH3 is 1. The van der Waals surface area contributed by atoms with Crippen LogP contribution in [0.2, 0.25) is 0 Å². The maximum atomic E-state index is 10.7. The molecule has 0 bridgehead atoms. The minimum absolute atomic E-state index is 0.320. The summed E-state index contributed by atoms with van der Waals surface area (Å²) in [6.07, 6.45) is -1.10. The molecule has 1 aliphatic heterocycles. The zero-order valence-electron chi connectivity index (χ0n) is 10.3. The van der Waals surface area contributed by atoms with Gasteiger partial charge in [-0.2, -0.15) is 0 Å². The lowest BCUT2D eigenvalue weighted by Crippen LogP contribution is -2.35. The van der Waals surface area contributed by atoms with Crippen LogP contribution in [0.1, 0.15) is 0 Å². The normalized spacial score (nSPS) is 33.3. The number of ether oxygens (including phenoxy) is 3. The van der Waals surface area contributed by atoms with Crippen LogP contribution >= 0.6 is 7.60 Å². The van der Waals surface area contributed by atoms with Gasteiger partial charge in [-0.25, -0.2) is 0 Å². The molecule has 9 heteroatoms. The Morgan fingerprint density at radius 2 is 2.11 bits per heavy atom. The summed E-state index contributed by atoms with van der Waals surface area (Å²) in [6, 6.07) is -0.358. The van der Waals surface area contributed by atoms with Crippen molar-refractivity contribution in [2.45, 2.75) is 24.3 Å². The van der Waals surface area contributed by atoms with Crippen LogP contribution in [-0.2, 0) is 18.8 Å². The lowest BCUT2D eigenvalue weighted by atomic mass is 9.93. The third-order valence-corrected chi connectivity index (χ3v) is 3.14. The van der Waals surface area contributed by atoms with Gasteiger partial charge in [0.15, 0.2) is 0 Å². The Morgan fingerprint density at radius 1 is 1.44 bits per heavy atom. The van der Waals surface area contributed by atoms with E-state index in [9.17, 15) is 9.67 Å². The molecular formula is C9H18BO7P. The van der Waals surface area contributed by atoms with E-state index in [2.05, 4.69) is 0 Å². The maximum absolute atomic E-state index is 10.7. The molecule has 0 amide bonds. The molecule has 104 valence electrons. The summed E-state index contributed by atoms with van der Waals surface area (Å²) < 4.78 is 26.3. The van der Waals surface area contributed by atoms with Crippen LogP contribution in [0.4, 0.5) is 0 Å². The largest absolute Gasteiger partial charge is 0.387 e. The molecule has 0 aromatic rings. The molecule has 0 radical (unpaired) electrons. The van der Waals surface area contributed by atoms with Gasteiger partial charge in [0.25, 0.3) is 0 Å². The zero-order chi connectivity index (χ0) is 13.8. The molecule has 1 heterocycles. The monoisotopic (exact) mass is 280 g/mol. The number of hydrogen-bond donors (Lipinski definition) is 3. The van der Waals surface area contributed by atoms with E-state index < -0.39 is 25.9 Å². The summed E-state index contributed by atoms with van der Waals surface area (Å²) in [5.41, 5.74) is 0. The second-order valence-corrected chi connectivity index (χ2v) is 5.53. The molecular weight excluding hydrogens is 262 g/mol. The maximum Gasteiger partial charge on any atom is 0.348 e. The SMILES string of the molecule is B[C@@H]1O[C@H](/C=C/P(=O)(O)O)[C@H](O)C1OCCOC. The Labute approximate surface area is 106 Å². The number of aliphatic hydroxyl groups is 1. The van der Waals surface area contributed by atoms with Crippen LogP contribution in [0.25, 0.3) is 0 Å². The zero-order valence-corrected chi connectivity index (χ0v) is 11.2. The van der Waals surface area contributed by atoms with E-state index in [-0.39, 0.29) is 6.00 Å². The summed E-state index contributed by atoms with van der Waals surface area (Å²) in [5.74, 6) is 0.727. The predicted molar refractivity (Wildman–Crippen MR) is 66.0 cm³/mol. The van der Waals surface area contributed by atoms with Gasteiger partial charge in [0, 0.05) is 12.9 Å². The average Bonchev–Trinajstić information content (AvgIpc) is 2.53. The predicted octanol–water partition coefficient (Wildman–Crippen LogP) is -1.57. The molecule has 1 unspecified atom stereocenters. The summed E-state index contributed by atoms with van der Waals surface area (Å²) in [6.45, 7) is 0.722. The first-order valence-corrected chi connectivity index (χ1v) is 7.22. The van der Waals surface area contributed by atoms with Gasteiger partial charge in [-0.1, -0.05) is 0 Å². The smallest absolute Gasteiger partial charge is 0.348 e. The Hall–Kier alpha value is -0.205. The minimum atomic E-state index is -4.24. The van der Waals surface area contributed by atoms with Gasteiger partial charge in [0.2, 0.25) is 0 Å². The van der Waals surface area contributed by atoms with Gasteiger partial charge in [0.05, 0.1) is 19.2 Å². The number of rotatable bonds is 6. The lowest BCUT2D eigenvalue weighted by molar-refractivity contribution is -0.0365. The van der Waals surface area contributed by atoms with Crippen molar-refractivity contribution in [3.63, 3.8) is 0 Å². The van der Waals surface area contributed by atoms with E-state index in [0.717, 1.165) is 5.82 Å². The Bertz CT molecular complexity index is 331. The highest BCUT2D eigenvalue weighted by molar-refractivity contribution is 7.55. The Balaban J connectivity index is 2.55. The fourth-order valence-electron chi connectivity index (χ4n) is 1.73. The van der Waals surface area contributed by atoms with Gasteiger partial charge < -0.3 is 29.1 Å². The average molecular weight is 280 g/mol. The van der Waals surface area contributed by atoms with Gasteiger partial charge >= 0.3 is 7.60 Å². The fraction of sp³-hybridized carbons (Fsp3) is 0.778. The lowest BCUT2D eigenvalue weighted by Gasteiger charge is -2.18. The topological polar surface area (TPSA) is 105 Å². The molecule has 1 rings (SSSR count). The highest BCUT2D eigenvalue weighted by atomic mass is 31.2. The van der Waals surface area contributed by atoms with Crippen molar-refractivity contribution in [3.05, 3.63) is 11.9 Å². The van der Waals surface area contributed by atoms with Crippen molar-refractivity contribution >= 4 is 15.4 Å². The third-order valence-electron chi connectivity index (χ3n) is 2.58. The third kappa shape index (κ3) is 4.82. The molecule has 0 saturated carbocycles. The molecule has 7 nitrogen and oxygen atoms in total. The highest BCUT2D eigenvalue weighted by Crippen LogP contribution is 2.37. The Kier molecular flexibility index (Phi) is 6.00. The summed E-state index contributed by atoms with van der Waals surface area (Å²) >= 11 is 0. The molecule has 0 aromatic carbocycles. The van der Waals surface area contributed by atoms with E-state index >= 15 is 0 Å². The summed E-state index contributed by atoms with van der Waals surface area (Å²) in [4.78, 5) is 17.4. The van der Waals surface area contributed by atoms with Crippen molar-refractivity contribution in [3.8, 4) is 0 Å². The van der Waals surface area contributed by atoms with E-state index in [1.165, 1.54) is 6.08 Å². The second kappa shape index (κ2) is 6.82. The van der Waals surface area contributed by atoms with E-state index in [1.807, 2.05) is 0 Å². The quantitative estimate of drug-likeness (QED) is 0.306. The van der Waals surface area contributed by atoms with Crippen molar-refractivity contribution in [1.82, 2.24) is 0 Å². The van der Waals surface area contributed by atoms with Crippen LogP contribution in [0.5, 0.6) is 0 Å². The molecule has 0 spiro atoms. The summed E-state index contributed by atoms with van der Waals surface area (Å²) in [7, 11) is -0.973. The number of hydrogen-bond acceptors (Lipinski definition) is 5. The standard InChI is InChI=1S/C9H18BO7P/c1-15-3-4-16-8-7(11)6(17-9(8)10)2-5-18(12,13)14/h2,5-9,11H,3-4,10H2,1H3,(H2,12,13,14)/b5-2+/t6-,7+,8?,9-/m1/s1. The molecule has 1 aliphatic rings. The molecule has 18 heavy (non-hydrogen) atoms. The number of aliphatic hydroxyl groups excluding tert-OH is 1. The van der Waals surface area contributed by atoms with Crippen LogP contribution in [0.3, 0.4) is 0 Å². The molecule has 0 aromatic heterocycles. The summed E-state index contributed by atoms with van der Waals surface area (Å²) in [5, 5.41) is 9.92. The van der Waals surface area contributed by atoms with Crippen LogP contribution in [-0.4, -0.2) is 67.4 Å². The minimum Gasteiger partial charge on any atom is -0.387 e. The van der Waals surface area contributed by atoms with Crippen molar-refractivity contribution in [1.29, 1.82) is 0 Å². The highest BCUT2D eigenvalue weighted by Gasteiger charge is 2.40.